The van der Waals surface area contributed by atoms with Crippen molar-refractivity contribution in [2.24, 2.45) is 10.1 Å². The molecule has 0 saturated carbocycles. The lowest BCUT2D eigenvalue weighted by atomic mass is 10.1. The summed E-state index contributed by atoms with van der Waals surface area (Å²) in [5.74, 6) is 0.848. The molecule has 2 aliphatic heterocycles. The molecule has 7 heteroatoms. The van der Waals surface area contributed by atoms with Gasteiger partial charge in [0.05, 0.1) is 24.9 Å². The molecule has 1 unspecified atom stereocenters. The van der Waals surface area contributed by atoms with Crippen LogP contribution in [0.5, 0.6) is 0 Å². The minimum absolute atomic E-state index is 0.284. The Morgan fingerprint density at radius 2 is 2.35 bits per heavy atom. The second-order valence-electron chi connectivity index (χ2n) is 6.69. The van der Waals surface area contributed by atoms with Crippen molar-refractivity contribution < 1.29 is 4.74 Å². The standard InChI is InChI=1S/C19H24N4OS2/c1-13-9-17(14(2)23(13)11-16-6-4-8-25-16)18-12-26-19(22-21-18)20-10-15-5-3-7-24-15/h4,6,8-9,15H,3,5,7,10-12H2,1-2H3,(H,20,22). The highest BCUT2D eigenvalue weighted by atomic mass is 32.2. The number of aromatic nitrogens is 1. The van der Waals surface area contributed by atoms with Crippen LogP contribution in [-0.2, 0) is 11.3 Å². The number of hydrogen-bond donors (Lipinski definition) is 1. The monoisotopic (exact) mass is 388 g/mol. The number of nitrogens with zero attached hydrogens (tertiary/aromatic N) is 3. The number of aryl methyl sites for hydroxylation is 1. The molecule has 2 aliphatic rings. The van der Waals surface area contributed by atoms with Crippen LogP contribution in [0.2, 0.25) is 0 Å². The van der Waals surface area contributed by atoms with Gasteiger partial charge < -0.3 is 9.30 Å². The van der Waals surface area contributed by atoms with Crippen LogP contribution in [0, 0.1) is 13.8 Å². The molecule has 5 nitrogen and oxygen atoms in total. The molecule has 1 saturated heterocycles. The Bertz CT molecular complexity index is 817. The van der Waals surface area contributed by atoms with Crippen molar-refractivity contribution in [3.8, 4) is 0 Å². The van der Waals surface area contributed by atoms with Crippen molar-refractivity contribution in [1.29, 1.82) is 0 Å². The fourth-order valence-electron chi connectivity index (χ4n) is 3.40. The first-order valence-electron chi connectivity index (χ1n) is 9.01. The van der Waals surface area contributed by atoms with Gasteiger partial charge in [-0.25, -0.2) is 0 Å². The fourth-order valence-corrected chi connectivity index (χ4v) is 4.87. The largest absolute Gasteiger partial charge is 0.376 e. The van der Waals surface area contributed by atoms with Crippen LogP contribution in [0.4, 0.5) is 0 Å². The summed E-state index contributed by atoms with van der Waals surface area (Å²) in [4.78, 5) is 6.00. The molecule has 0 spiro atoms. The van der Waals surface area contributed by atoms with Gasteiger partial charge in [-0.15, -0.1) is 11.3 Å². The molecule has 1 atom stereocenters. The molecule has 4 heterocycles. The topological polar surface area (TPSA) is 50.9 Å². The molecule has 0 aliphatic carbocycles. The Hall–Kier alpha value is -1.57. The number of aliphatic imine (C=N–C) groups is 1. The van der Waals surface area contributed by atoms with Crippen LogP contribution < -0.4 is 5.43 Å². The summed E-state index contributed by atoms with van der Waals surface area (Å²) < 4.78 is 8.00. The van der Waals surface area contributed by atoms with Crippen LogP contribution in [0.3, 0.4) is 0 Å². The van der Waals surface area contributed by atoms with E-state index in [1.807, 2.05) is 0 Å². The summed E-state index contributed by atoms with van der Waals surface area (Å²) in [6, 6.07) is 6.55. The maximum Gasteiger partial charge on any atom is 0.177 e. The predicted molar refractivity (Wildman–Crippen MR) is 111 cm³/mol. The van der Waals surface area contributed by atoms with Gasteiger partial charge in [0.25, 0.3) is 0 Å². The molecule has 1 N–H and O–H groups in total. The van der Waals surface area contributed by atoms with Gasteiger partial charge in [0.15, 0.2) is 5.17 Å². The third kappa shape index (κ3) is 3.89. The maximum atomic E-state index is 5.63. The number of rotatable bonds is 5. The Kier molecular flexibility index (Phi) is 5.47. The number of nitrogens with one attached hydrogen (secondary N) is 1. The predicted octanol–water partition coefficient (Wildman–Crippen LogP) is 3.79. The smallest absolute Gasteiger partial charge is 0.177 e. The van der Waals surface area contributed by atoms with E-state index in [0.29, 0.717) is 0 Å². The molecule has 138 valence electrons. The van der Waals surface area contributed by atoms with Crippen molar-refractivity contribution in [1.82, 2.24) is 9.99 Å². The van der Waals surface area contributed by atoms with Crippen LogP contribution in [-0.4, -0.2) is 40.5 Å². The highest BCUT2D eigenvalue weighted by molar-refractivity contribution is 8.14. The molecule has 2 aromatic heterocycles. The van der Waals surface area contributed by atoms with Crippen LogP contribution >= 0.6 is 23.1 Å². The first kappa shape index (κ1) is 17.8. The lowest BCUT2D eigenvalue weighted by molar-refractivity contribution is 0.118. The quantitative estimate of drug-likeness (QED) is 0.848. The first-order chi connectivity index (χ1) is 12.7. The number of hydrogen-bond acceptors (Lipinski definition) is 5. The minimum atomic E-state index is 0.284. The molecule has 0 aromatic carbocycles. The molecule has 4 rings (SSSR count). The zero-order valence-corrected chi connectivity index (χ0v) is 16.8. The van der Waals surface area contributed by atoms with E-state index in [0.717, 1.165) is 49.2 Å². The SMILES string of the molecule is Cc1cc(C2=NNC(=NCC3CCCO3)SC2)c(C)n1Cc1cccs1. The van der Waals surface area contributed by atoms with Gasteiger partial charge >= 0.3 is 0 Å². The number of ether oxygens (including phenoxy) is 1. The normalized spacial score (nSPS) is 21.8. The van der Waals surface area contributed by atoms with Crippen molar-refractivity contribution >= 4 is 34.0 Å². The van der Waals surface area contributed by atoms with E-state index in [1.165, 1.54) is 21.8 Å². The van der Waals surface area contributed by atoms with E-state index in [1.54, 1.807) is 23.1 Å². The highest BCUT2D eigenvalue weighted by Gasteiger charge is 2.20. The van der Waals surface area contributed by atoms with Crippen molar-refractivity contribution in [2.45, 2.75) is 39.3 Å². The Morgan fingerprint density at radius 3 is 3.04 bits per heavy atom. The van der Waals surface area contributed by atoms with Gasteiger partial charge in [-0.05, 0) is 44.2 Å². The summed E-state index contributed by atoms with van der Waals surface area (Å²) in [5.41, 5.74) is 8.01. The molecule has 0 amide bonds. The van der Waals surface area contributed by atoms with E-state index in [4.69, 9.17) is 4.74 Å². The number of thioether (sulfide) groups is 1. The molecular weight excluding hydrogens is 364 g/mol. The van der Waals surface area contributed by atoms with Gasteiger partial charge in [-0.1, -0.05) is 17.8 Å². The third-order valence-electron chi connectivity index (χ3n) is 4.87. The van der Waals surface area contributed by atoms with E-state index in [-0.39, 0.29) is 6.10 Å². The zero-order valence-electron chi connectivity index (χ0n) is 15.2. The summed E-state index contributed by atoms with van der Waals surface area (Å²) in [5, 5.41) is 7.63. The van der Waals surface area contributed by atoms with Gasteiger partial charge in [0, 0.05) is 34.2 Å². The summed E-state index contributed by atoms with van der Waals surface area (Å²) >= 11 is 3.53. The van der Waals surface area contributed by atoms with E-state index < -0.39 is 0 Å². The average molecular weight is 389 g/mol. The van der Waals surface area contributed by atoms with Crippen molar-refractivity contribution in [3.05, 3.63) is 45.4 Å². The Morgan fingerprint density at radius 1 is 1.42 bits per heavy atom. The summed E-state index contributed by atoms with van der Waals surface area (Å²) in [7, 11) is 0. The third-order valence-corrected chi connectivity index (χ3v) is 6.65. The molecule has 2 aromatic rings. The van der Waals surface area contributed by atoms with Crippen LogP contribution in [0.15, 0.2) is 33.7 Å². The Labute approximate surface area is 162 Å². The van der Waals surface area contributed by atoms with Gasteiger partial charge in [-0.2, -0.15) is 5.10 Å². The number of thiophene rings is 1. The zero-order chi connectivity index (χ0) is 17.9. The van der Waals surface area contributed by atoms with Crippen LogP contribution in [0.25, 0.3) is 0 Å². The van der Waals surface area contributed by atoms with Gasteiger partial charge in [-0.3, -0.25) is 10.4 Å². The fraction of sp³-hybridized carbons (Fsp3) is 0.474. The van der Waals surface area contributed by atoms with E-state index in [2.05, 4.69) is 57.5 Å². The number of amidine groups is 1. The molecular formula is C19H24N4OS2. The average Bonchev–Trinajstić information content (AvgIpc) is 3.40. The minimum Gasteiger partial charge on any atom is -0.376 e. The highest BCUT2D eigenvalue weighted by Crippen LogP contribution is 2.23. The Balaban J connectivity index is 1.45. The van der Waals surface area contributed by atoms with Gasteiger partial charge in [0.2, 0.25) is 0 Å². The van der Waals surface area contributed by atoms with Crippen molar-refractivity contribution in [3.63, 3.8) is 0 Å². The lowest BCUT2D eigenvalue weighted by Crippen LogP contribution is -2.26. The molecule has 0 bridgehead atoms. The van der Waals surface area contributed by atoms with Crippen LogP contribution in [0.1, 0.15) is 34.7 Å². The molecule has 1 fully saturated rings. The number of hydrazone groups is 1. The second kappa shape index (κ2) is 7.98. The lowest BCUT2D eigenvalue weighted by Gasteiger charge is -2.16. The van der Waals surface area contributed by atoms with Crippen molar-refractivity contribution in [2.75, 3.05) is 18.9 Å². The first-order valence-corrected chi connectivity index (χ1v) is 10.9. The second-order valence-corrected chi connectivity index (χ2v) is 8.69. The molecule has 26 heavy (non-hydrogen) atoms. The molecule has 0 radical (unpaired) electrons. The van der Waals surface area contributed by atoms with E-state index in [9.17, 15) is 0 Å². The summed E-state index contributed by atoms with van der Waals surface area (Å²) in [6.07, 6.45) is 2.55. The van der Waals surface area contributed by atoms with Gasteiger partial charge in [0.1, 0.15) is 0 Å². The summed E-state index contributed by atoms with van der Waals surface area (Å²) in [6.45, 7) is 6.89. The van der Waals surface area contributed by atoms with E-state index >= 15 is 0 Å². The maximum absolute atomic E-state index is 5.63.